The molecular formula is C13H8BrClFN3S. The molecule has 3 aromatic rings. The average molecular weight is 373 g/mol. The fourth-order valence-electron chi connectivity index (χ4n) is 1.71. The van der Waals surface area contributed by atoms with E-state index in [1.165, 1.54) is 17.8 Å². The number of H-pyrrole nitrogens is 1. The molecule has 1 aromatic carbocycles. The van der Waals surface area contributed by atoms with Crippen LogP contribution in [0.1, 0.15) is 5.56 Å². The molecule has 0 atom stereocenters. The Kier molecular flexibility index (Phi) is 3.96. The van der Waals surface area contributed by atoms with Gasteiger partial charge in [-0.1, -0.05) is 29.4 Å². The van der Waals surface area contributed by atoms with E-state index in [1.807, 2.05) is 6.07 Å². The van der Waals surface area contributed by atoms with E-state index >= 15 is 0 Å². The van der Waals surface area contributed by atoms with Crippen molar-refractivity contribution in [1.82, 2.24) is 15.0 Å². The molecule has 0 fully saturated rings. The SMILES string of the molecule is Fc1cc(Cl)ccc1CSc1nc2ncc(Br)cc2[nH]1. The van der Waals surface area contributed by atoms with E-state index in [-0.39, 0.29) is 5.82 Å². The molecule has 0 unspecified atom stereocenters. The molecule has 1 N–H and O–H groups in total. The van der Waals surface area contributed by atoms with E-state index in [2.05, 4.69) is 30.9 Å². The number of imidazole rings is 1. The van der Waals surface area contributed by atoms with Crippen molar-refractivity contribution in [3.05, 3.63) is 51.3 Å². The molecule has 0 aliphatic heterocycles. The third-order valence-corrected chi connectivity index (χ3v) is 4.25. The molecule has 3 nitrogen and oxygen atoms in total. The van der Waals surface area contributed by atoms with E-state index in [0.29, 0.717) is 27.1 Å². The Balaban J connectivity index is 1.79. The summed E-state index contributed by atoms with van der Waals surface area (Å²) in [5, 5.41) is 1.11. The quantitative estimate of drug-likeness (QED) is 0.671. The second-order valence-corrected chi connectivity index (χ2v) is 6.41. The van der Waals surface area contributed by atoms with Gasteiger partial charge in [0.2, 0.25) is 0 Å². The molecule has 20 heavy (non-hydrogen) atoms. The lowest BCUT2D eigenvalue weighted by atomic mass is 10.2. The van der Waals surface area contributed by atoms with Crippen molar-refractivity contribution in [1.29, 1.82) is 0 Å². The summed E-state index contributed by atoms with van der Waals surface area (Å²) in [5.41, 5.74) is 2.08. The molecule has 0 aliphatic rings. The molecule has 102 valence electrons. The fraction of sp³-hybridized carbons (Fsp3) is 0.0769. The summed E-state index contributed by atoms with van der Waals surface area (Å²) in [7, 11) is 0. The highest BCUT2D eigenvalue weighted by Crippen LogP contribution is 2.25. The predicted molar refractivity (Wildman–Crippen MR) is 82.6 cm³/mol. The zero-order valence-corrected chi connectivity index (χ0v) is 13.2. The van der Waals surface area contributed by atoms with Crippen LogP contribution in [0.3, 0.4) is 0 Å². The van der Waals surface area contributed by atoms with Gasteiger partial charge < -0.3 is 4.98 Å². The van der Waals surface area contributed by atoms with Crippen LogP contribution in [-0.2, 0) is 5.75 Å². The van der Waals surface area contributed by atoms with Crippen molar-refractivity contribution in [2.45, 2.75) is 10.9 Å². The number of hydrogen-bond acceptors (Lipinski definition) is 3. The molecule has 3 rings (SSSR count). The number of hydrogen-bond donors (Lipinski definition) is 1. The van der Waals surface area contributed by atoms with E-state index < -0.39 is 0 Å². The lowest BCUT2D eigenvalue weighted by molar-refractivity contribution is 0.617. The van der Waals surface area contributed by atoms with E-state index in [9.17, 15) is 4.39 Å². The number of benzene rings is 1. The van der Waals surface area contributed by atoms with Crippen LogP contribution in [0, 0.1) is 5.82 Å². The van der Waals surface area contributed by atoms with Crippen molar-refractivity contribution in [3.63, 3.8) is 0 Å². The Morgan fingerprint density at radius 3 is 3.00 bits per heavy atom. The van der Waals surface area contributed by atoms with Crippen molar-refractivity contribution in [2.24, 2.45) is 0 Å². The van der Waals surface area contributed by atoms with Gasteiger partial charge in [-0.05, 0) is 39.7 Å². The number of rotatable bonds is 3. The smallest absolute Gasteiger partial charge is 0.178 e. The molecule has 0 bridgehead atoms. The number of fused-ring (bicyclic) bond motifs is 1. The largest absolute Gasteiger partial charge is 0.331 e. The Morgan fingerprint density at radius 2 is 2.20 bits per heavy atom. The summed E-state index contributed by atoms with van der Waals surface area (Å²) in [6.07, 6.45) is 1.69. The van der Waals surface area contributed by atoms with Gasteiger partial charge in [0.25, 0.3) is 0 Å². The topological polar surface area (TPSA) is 41.6 Å². The van der Waals surface area contributed by atoms with Crippen LogP contribution < -0.4 is 0 Å². The van der Waals surface area contributed by atoms with Crippen LogP contribution in [0.15, 0.2) is 40.1 Å². The summed E-state index contributed by atoms with van der Waals surface area (Å²) in [6.45, 7) is 0. The zero-order valence-electron chi connectivity index (χ0n) is 10.0. The molecule has 0 radical (unpaired) electrons. The second-order valence-electron chi connectivity index (χ2n) is 4.09. The summed E-state index contributed by atoms with van der Waals surface area (Å²) < 4.78 is 14.5. The van der Waals surface area contributed by atoms with Gasteiger partial charge in [-0.25, -0.2) is 14.4 Å². The maximum atomic E-state index is 13.7. The number of aromatic amines is 1. The lowest BCUT2D eigenvalue weighted by Gasteiger charge is -2.01. The van der Waals surface area contributed by atoms with Crippen LogP contribution in [0.2, 0.25) is 5.02 Å². The number of pyridine rings is 1. The van der Waals surface area contributed by atoms with E-state index in [1.54, 1.807) is 18.3 Å². The highest BCUT2D eigenvalue weighted by atomic mass is 79.9. The minimum Gasteiger partial charge on any atom is -0.331 e. The van der Waals surface area contributed by atoms with Gasteiger partial charge in [0, 0.05) is 21.4 Å². The van der Waals surface area contributed by atoms with Crippen molar-refractivity contribution in [3.8, 4) is 0 Å². The monoisotopic (exact) mass is 371 g/mol. The minimum atomic E-state index is -0.304. The van der Waals surface area contributed by atoms with Gasteiger partial charge in [-0.3, -0.25) is 0 Å². The van der Waals surface area contributed by atoms with Crippen LogP contribution in [0.4, 0.5) is 4.39 Å². The maximum absolute atomic E-state index is 13.7. The summed E-state index contributed by atoms with van der Waals surface area (Å²) in [6, 6.07) is 6.58. The molecular weight excluding hydrogens is 365 g/mol. The van der Waals surface area contributed by atoms with Crippen molar-refractivity contribution >= 4 is 50.5 Å². The van der Waals surface area contributed by atoms with Crippen LogP contribution >= 0.6 is 39.3 Å². The number of halogens is 3. The van der Waals surface area contributed by atoms with Crippen LogP contribution in [-0.4, -0.2) is 15.0 Å². The van der Waals surface area contributed by atoms with E-state index in [0.717, 1.165) is 9.99 Å². The van der Waals surface area contributed by atoms with Crippen molar-refractivity contribution < 1.29 is 4.39 Å². The first-order chi connectivity index (χ1) is 9.61. The van der Waals surface area contributed by atoms with Gasteiger partial charge in [0.1, 0.15) is 5.82 Å². The Labute approximate surface area is 132 Å². The molecule has 2 heterocycles. The zero-order chi connectivity index (χ0) is 14.1. The van der Waals surface area contributed by atoms with Gasteiger partial charge in [-0.2, -0.15) is 0 Å². The molecule has 0 aliphatic carbocycles. The van der Waals surface area contributed by atoms with Gasteiger partial charge >= 0.3 is 0 Å². The van der Waals surface area contributed by atoms with Crippen molar-refractivity contribution in [2.75, 3.05) is 0 Å². The third-order valence-electron chi connectivity index (χ3n) is 2.66. The fourth-order valence-corrected chi connectivity index (χ4v) is 3.06. The Bertz CT molecular complexity index is 777. The molecule has 0 saturated heterocycles. The normalized spacial score (nSPS) is 11.2. The number of aromatic nitrogens is 3. The van der Waals surface area contributed by atoms with Crippen LogP contribution in [0.25, 0.3) is 11.2 Å². The minimum absolute atomic E-state index is 0.304. The number of nitrogens with one attached hydrogen (secondary N) is 1. The summed E-state index contributed by atoms with van der Waals surface area (Å²) in [5.74, 6) is 0.172. The highest BCUT2D eigenvalue weighted by molar-refractivity contribution is 9.10. The molecule has 7 heteroatoms. The molecule has 0 amide bonds. The summed E-state index contributed by atoms with van der Waals surface area (Å²) >= 11 is 10.5. The lowest BCUT2D eigenvalue weighted by Crippen LogP contribution is -1.87. The van der Waals surface area contributed by atoms with Gasteiger partial charge in [0.05, 0.1) is 5.52 Å². The first kappa shape index (κ1) is 13.9. The van der Waals surface area contributed by atoms with E-state index in [4.69, 9.17) is 11.6 Å². The first-order valence-electron chi connectivity index (χ1n) is 5.70. The Hall–Kier alpha value is -1.11. The number of thioether (sulfide) groups is 1. The Morgan fingerprint density at radius 1 is 1.35 bits per heavy atom. The first-order valence-corrected chi connectivity index (χ1v) is 7.85. The molecule has 2 aromatic heterocycles. The molecule has 0 saturated carbocycles. The highest BCUT2D eigenvalue weighted by Gasteiger charge is 2.08. The van der Waals surface area contributed by atoms with Gasteiger partial charge in [0.15, 0.2) is 10.8 Å². The second kappa shape index (κ2) is 5.71. The average Bonchev–Trinajstić information content (AvgIpc) is 2.79. The standard InChI is InChI=1S/C13H8BrClFN3S/c14-8-3-11-12(17-5-8)19-13(18-11)20-6-7-1-2-9(15)4-10(7)16/h1-5H,6H2,(H,17,18,19). The predicted octanol–water partition coefficient (Wildman–Crippen LogP) is 4.81. The third kappa shape index (κ3) is 2.97. The summed E-state index contributed by atoms with van der Waals surface area (Å²) in [4.78, 5) is 11.7. The van der Waals surface area contributed by atoms with Gasteiger partial charge in [-0.15, -0.1) is 0 Å². The van der Waals surface area contributed by atoms with Crippen LogP contribution in [0.5, 0.6) is 0 Å². The maximum Gasteiger partial charge on any atom is 0.178 e. The molecule has 0 spiro atoms. The number of nitrogens with zero attached hydrogens (tertiary/aromatic N) is 2.